The predicted octanol–water partition coefficient (Wildman–Crippen LogP) is 2.45. The molecule has 29 heavy (non-hydrogen) atoms. The number of aryl methyl sites for hydroxylation is 2. The summed E-state index contributed by atoms with van der Waals surface area (Å²) in [5, 5.41) is 14.3. The Labute approximate surface area is 166 Å². The molecule has 0 fully saturated rings. The van der Waals surface area contributed by atoms with E-state index in [1.54, 1.807) is 37.3 Å². The monoisotopic (exact) mass is 415 g/mol. The molecule has 0 saturated carbocycles. The summed E-state index contributed by atoms with van der Waals surface area (Å²) >= 11 is 0. The van der Waals surface area contributed by atoms with Gasteiger partial charge in [0.1, 0.15) is 12.1 Å². The number of nitrogens with zero attached hydrogens (tertiary/aromatic N) is 4. The lowest BCUT2D eigenvalue weighted by Crippen LogP contribution is -2.30. The van der Waals surface area contributed by atoms with Gasteiger partial charge in [-0.1, -0.05) is 23.8 Å². The van der Waals surface area contributed by atoms with Gasteiger partial charge in [-0.3, -0.25) is 15.5 Å². The van der Waals surface area contributed by atoms with Crippen molar-refractivity contribution in [3.8, 4) is 0 Å². The van der Waals surface area contributed by atoms with Crippen LogP contribution in [0, 0.1) is 24.0 Å². The van der Waals surface area contributed by atoms with Crippen LogP contribution in [0.25, 0.3) is 0 Å². The van der Waals surface area contributed by atoms with Crippen LogP contribution in [0.2, 0.25) is 0 Å². The van der Waals surface area contributed by atoms with Gasteiger partial charge in [0.25, 0.3) is 10.0 Å². The third-order valence-corrected chi connectivity index (χ3v) is 5.04. The second-order valence-corrected chi connectivity index (χ2v) is 7.69. The van der Waals surface area contributed by atoms with Gasteiger partial charge in [0.05, 0.1) is 9.82 Å². The molecule has 0 saturated heterocycles. The quantitative estimate of drug-likeness (QED) is 0.390. The Bertz CT molecular complexity index is 1150. The van der Waals surface area contributed by atoms with Gasteiger partial charge in [-0.05, 0) is 38.1 Å². The summed E-state index contributed by atoms with van der Waals surface area (Å²) in [4.78, 5) is 24.8. The van der Waals surface area contributed by atoms with Crippen LogP contribution in [-0.4, -0.2) is 28.3 Å². The Morgan fingerprint density at radius 2 is 1.69 bits per heavy atom. The van der Waals surface area contributed by atoms with Crippen molar-refractivity contribution in [3.05, 3.63) is 70.2 Å². The van der Waals surface area contributed by atoms with E-state index in [-0.39, 0.29) is 16.5 Å². The predicted molar refractivity (Wildman–Crippen MR) is 106 cm³/mol. The number of anilines is 3. The molecule has 0 aliphatic heterocycles. The van der Waals surface area contributed by atoms with Crippen LogP contribution < -0.4 is 15.6 Å². The fourth-order valence-electron chi connectivity index (χ4n) is 2.36. The maximum Gasteiger partial charge on any atom is 0.354 e. The van der Waals surface area contributed by atoms with Crippen molar-refractivity contribution in [2.24, 2.45) is 0 Å². The maximum absolute atomic E-state index is 12.4. The van der Waals surface area contributed by atoms with E-state index in [2.05, 4.69) is 30.5 Å². The molecule has 2 heterocycles. The molecule has 0 atom stereocenters. The van der Waals surface area contributed by atoms with Gasteiger partial charge in [-0.15, -0.1) is 4.83 Å². The molecule has 11 nitrogen and oxygen atoms in total. The maximum atomic E-state index is 12.4. The van der Waals surface area contributed by atoms with Crippen LogP contribution >= 0.6 is 0 Å². The molecule has 0 amide bonds. The number of nitro groups is 1. The van der Waals surface area contributed by atoms with Crippen LogP contribution in [0.3, 0.4) is 0 Å². The fourth-order valence-corrected chi connectivity index (χ4v) is 3.20. The highest BCUT2D eigenvalue weighted by Crippen LogP contribution is 2.30. The van der Waals surface area contributed by atoms with Crippen molar-refractivity contribution in [1.29, 1.82) is 0 Å². The molecule has 3 rings (SSSR count). The summed E-state index contributed by atoms with van der Waals surface area (Å²) in [5.41, 5.74) is 3.35. The van der Waals surface area contributed by atoms with Gasteiger partial charge in [0, 0.05) is 5.69 Å². The SMILES string of the molecule is Cc1ccc(S(=O)(=O)NNc2ncnc(Nc3cccc(C)n3)c2[N+](=O)[O-])cc1. The van der Waals surface area contributed by atoms with E-state index >= 15 is 0 Å². The average Bonchev–Trinajstić information content (AvgIpc) is 2.66. The zero-order valence-electron chi connectivity index (χ0n) is 15.4. The molecular formula is C17H17N7O4S. The summed E-state index contributed by atoms with van der Waals surface area (Å²) in [5.74, 6) is -0.117. The number of hydrazine groups is 1. The third-order valence-electron chi connectivity index (χ3n) is 3.77. The zero-order valence-corrected chi connectivity index (χ0v) is 16.3. The van der Waals surface area contributed by atoms with Crippen LogP contribution in [0.1, 0.15) is 11.3 Å². The summed E-state index contributed by atoms with van der Waals surface area (Å²) in [6, 6.07) is 11.2. The first-order chi connectivity index (χ1) is 13.8. The van der Waals surface area contributed by atoms with E-state index in [4.69, 9.17) is 0 Å². The summed E-state index contributed by atoms with van der Waals surface area (Å²) in [7, 11) is -3.97. The van der Waals surface area contributed by atoms with E-state index in [9.17, 15) is 18.5 Å². The van der Waals surface area contributed by atoms with E-state index < -0.39 is 20.6 Å². The normalized spacial score (nSPS) is 11.1. The van der Waals surface area contributed by atoms with E-state index in [1.807, 2.05) is 6.92 Å². The van der Waals surface area contributed by atoms with Gasteiger partial charge in [0.15, 0.2) is 0 Å². The third kappa shape index (κ3) is 4.80. The minimum atomic E-state index is -3.97. The Balaban J connectivity index is 1.87. The standard InChI is InChI=1S/C17H17N7O4S/c1-11-6-8-13(9-7-11)29(27,28)23-22-17-15(24(25)26)16(18-10-19-17)21-14-5-3-4-12(2)20-14/h3-10,23H,1-2H3,(H2,18,19,20,21,22). The minimum Gasteiger partial charge on any atom is -0.319 e. The topological polar surface area (TPSA) is 152 Å². The Morgan fingerprint density at radius 1 is 1.00 bits per heavy atom. The van der Waals surface area contributed by atoms with Gasteiger partial charge in [0.2, 0.25) is 11.6 Å². The molecule has 3 aromatic rings. The molecular weight excluding hydrogens is 398 g/mol. The minimum absolute atomic E-state index is 0.00498. The van der Waals surface area contributed by atoms with Crippen LogP contribution in [0.15, 0.2) is 53.7 Å². The number of nitrogens with one attached hydrogen (secondary N) is 3. The fraction of sp³-hybridized carbons (Fsp3) is 0.118. The van der Waals surface area contributed by atoms with Crippen LogP contribution in [-0.2, 0) is 10.0 Å². The van der Waals surface area contributed by atoms with E-state index in [0.29, 0.717) is 11.5 Å². The largest absolute Gasteiger partial charge is 0.354 e. The van der Waals surface area contributed by atoms with Crippen molar-refractivity contribution in [3.63, 3.8) is 0 Å². The second kappa shape index (κ2) is 8.16. The summed E-state index contributed by atoms with van der Waals surface area (Å²) in [6.07, 6.45) is 1.06. The highest BCUT2D eigenvalue weighted by Gasteiger charge is 2.25. The Morgan fingerprint density at radius 3 is 2.34 bits per heavy atom. The number of benzene rings is 1. The highest BCUT2D eigenvalue weighted by atomic mass is 32.2. The van der Waals surface area contributed by atoms with E-state index in [0.717, 1.165) is 11.9 Å². The first kappa shape index (κ1) is 20.1. The zero-order chi connectivity index (χ0) is 21.0. The number of rotatable bonds is 7. The molecule has 2 aromatic heterocycles. The average molecular weight is 415 g/mol. The number of aromatic nitrogens is 3. The first-order valence-corrected chi connectivity index (χ1v) is 9.79. The summed E-state index contributed by atoms with van der Waals surface area (Å²) < 4.78 is 24.8. The Kier molecular flexibility index (Phi) is 5.66. The Hall–Kier alpha value is -3.64. The molecule has 3 N–H and O–H groups in total. The smallest absolute Gasteiger partial charge is 0.319 e. The van der Waals surface area contributed by atoms with Crippen molar-refractivity contribution in [2.45, 2.75) is 18.7 Å². The van der Waals surface area contributed by atoms with Crippen LogP contribution in [0.5, 0.6) is 0 Å². The van der Waals surface area contributed by atoms with Crippen molar-refractivity contribution < 1.29 is 13.3 Å². The molecule has 0 bridgehead atoms. The lowest BCUT2D eigenvalue weighted by Gasteiger charge is -2.11. The number of hydrogen-bond donors (Lipinski definition) is 3. The number of sulfonamides is 1. The van der Waals surface area contributed by atoms with Gasteiger partial charge < -0.3 is 5.32 Å². The van der Waals surface area contributed by atoms with E-state index in [1.165, 1.54) is 12.1 Å². The lowest BCUT2D eigenvalue weighted by atomic mass is 10.2. The van der Waals surface area contributed by atoms with Gasteiger partial charge >= 0.3 is 5.69 Å². The molecule has 0 radical (unpaired) electrons. The van der Waals surface area contributed by atoms with Crippen molar-refractivity contribution >= 4 is 33.2 Å². The second-order valence-electron chi connectivity index (χ2n) is 6.01. The molecule has 0 aliphatic rings. The molecule has 150 valence electrons. The van der Waals surface area contributed by atoms with Gasteiger partial charge in [-0.2, -0.15) is 0 Å². The van der Waals surface area contributed by atoms with Gasteiger partial charge in [-0.25, -0.2) is 23.4 Å². The highest BCUT2D eigenvalue weighted by molar-refractivity contribution is 7.89. The number of pyridine rings is 1. The van der Waals surface area contributed by atoms with Crippen molar-refractivity contribution in [1.82, 2.24) is 19.8 Å². The van der Waals surface area contributed by atoms with Crippen molar-refractivity contribution in [2.75, 3.05) is 10.7 Å². The molecule has 0 aliphatic carbocycles. The first-order valence-electron chi connectivity index (χ1n) is 8.31. The molecule has 12 heteroatoms. The van der Waals surface area contributed by atoms with Crippen LogP contribution in [0.4, 0.5) is 23.1 Å². The molecule has 1 aromatic carbocycles. The molecule has 0 spiro atoms. The lowest BCUT2D eigenvalue weighted by molar-refractivity contribution is -0.383. The number of hydrogen-bond acceptors (Lipinski definition) is 9. The molecule has 0 unspecified atom stereocenters. The summed E-state index contributed by atoms with van der Waals surface area (Å²) in [6.45, 7) is 3.59.